The Morgan fingerprint density at radius 3 is 2.23 bits per heavy atom. The summed E-state index contributed by atoms with van der Waals surface area (Å²) in [4.78, 5) is 2.91. The van der Waals surface area contributed by atoms with Crippen molar-refractivity contribution >= 4 is 63.9 Å². The van der Waals surface area contributed by atoms with Gasteiger partial charge in [-0.1, -0.05) is 23.9 Å². The number of hydrogen-bond donors (Lipinski definition) is 1. The van der Waals surface area contributed by atoms with Crippen molar-refractivity contribution in [3.05, 3.63) is 72.3 Å². The van der Waals surface area contributed by atoms with Crippen LogP contribution in [0.1, 0.15) is 5.56 Å². The Hall–Kier alpha value is -1.75. The van der Waals surface area contributed by atoms with E-state index in [2.05, 4.69) is 15.2 Å². The summed E-state index contributed by atoms with van der Waals surface area (Å²) in [6.07, 6.45) is 0. The van der Waals surface area contributed by atoms with E-state index in [9.17, 15) is 31.0 Å². The third kappa shape index (κ3) is 6.60. The van der Waals surface area contributed by atoms with Crippen molar-refractivity contribution in [2.75, 3.05) is 0 Å². The molecular weight excluding hydrogens is 584 g/mol. The molecule has 188 valence electrons. The van der Waals surface area contributed by atoms with Crippen molar-refractivity contribution in [3.63, 3.8) is 0 Å². The van der Waals surface area contributed by atoms with Gasteiger partial charge in [0.05, 0.1) is 26.5 Å². The van der Waals surface area contributed by atoms with E-state index in [0.717, 1.165) is 38.5 Å². The van der Waals surface area contributed by atoms with Crippen molar-refractivity contribution in [1.29, 1.82) is 0 Å². The normalized spacial score (nSPS) is 12.0. The standard InChI is InChI=1S/C24H17N3O7S3.2Na/c1-13-5-10-17-18(11-13)35-24(25-17)14-6-8-16(9-7-14)26-27-22-20(37(32,33)34)12-15-3-2-4-19(36(29,30)31)21(15)23(22)28;;/h2-12,28H,1H3,(H,29,30,31)(H,32,33,34);;/q;2*+1/p-2. The van der Waals surface area contributed by atoms with Crippen LogP contribution in [-0.4, -0.2) is 30.9 Å². The molecule has 0 bridgehead atoms. The van der Waals surface area contributed by atoms with Gasteiger partial charge in [0.25, 0.3) is 10.1 Å². The molecular formula is C24H15N3Na2O7S3. The quantitative estimate of drug-likeness (QED) is 0.153. The van der Waals surface area contributed by atoms with Gasteiger partial charge in [-0.15, -0.1) is 16.5 Å². The summed E-state index contributed by atoms with van der Waals surface area (Å²) >= 11 is 1.52. The van der Waals surface area contributed by atoms with E-state index in [1.165, 1.54) is 23.5 Å². The van der Waals surface area contributed by atoms with Crippen LogP contribution in [0, 0.1) is 6.92 Å². The van der Waals surface area contributed by atoms with Gasteiger partial charge in [0.1, 0.15) is 20.0 Å². The maximum Gasteiger partial charge on any atom is 1.00 e. The Morgan fingerprint density at radius 1 is 0.897 bits per heavy atom. The number of benzene rings is 4. The topological polar surface area (TPSA) is 172 Å². The molecule has 0 amide bonds. The van der Waals surface area contributed by atoms with Crippen LogP contribution in [0.25, 0.3) is 31.6 Å². The van der Waals surface area contributed by atoms with Crippen molar-refractivity contribution < 1.29 is 90.2 Å². The SMILES string of the molecule is Cc1ccc2nc(-c3ccc(N=Nc4c(S(=O)(=O)O)cc5cccc(S(=O)(=O)[O-])c5c4[O-])cc3)sc2c1.[Na+].[Na+]. The molecule has 0 saturated carbocycles. The maximum atomic E-state index is 13.1. The molecule has 0 spiro atoms. The van der Waals surface area contributed by atoms with Crippen LogP contribution in [0.4, 0.5) is 11.4 Å². The van der Waals surface area contributed by atoms with Crippen LogP contribution in [-0.2, 0) is 20.2 Å². The van der Waals surface area contributed by atoms with Crippen LogP contribution in [0.3, 0.4) is 0 Å². The van der Waals surface area contributed by atoms with Gasteiger partial charge >= 0.3 is 59.1 Å². The minimum absolute atomic E-state index is 0. The van der Waals surface area contributed by atoms with E-state index >= 15 is 0 Å². The van der Waals surface area contributed by atoms with E-state index in [1.54, 1.807) is 24.3 Å². The molecule has 0 radical (unpaired) electrons. The molecule has 10 nitrogen and oxygen atoms in total. The number of aromatic nitrogens is 1. The summed E-state index contributed by atoms with van der Waals surface area (Å²) in [5.74, 6) is -1.18. The fourth-order valence-corrected chi connectivity index (χ4v) is 6.21. The molecule has 0 saturated heterocycles. The van der Waals surface area contributed by atoms with Gasteiger partial charge in [0.2, 0.25) is 0 Å². The number of nitrogens with zero attached hydrogens (tertiary/aromatic N) is 3. The summed E-state index contributed by atoms with van der Waals surface area (Å²) in [6, 6.07) is 16.8. The molecule has 0 atom stereocenters. The first-order valence-corrected chi connectivity index (χ1v) is 14.2. The molecule has 4 aromatic carbocycles. The van der Waals surface area contributed by atoms with Crippen molar-refractivity contribution in [1.82, 2.24) is 4.98 Å². The molecule has 0 aliphatic rings. The fourth-order valence-electron chi connectivity index (χ4n) is 3.78. The van der Waals surface area contributed by atoms with Gasteiger partial charge in [-0.05, 0) is 71.8 Å². The average molecular weight is 600 g/mol. The number of thiazole rings is 1. The second-order valence-electron chi connectivity index (χ2n) is 8.07. The third-order valence-corrected chi connectivity index (χ3v) is 8.30. The summed E-state index contributed by atoms with van der Waals surface area (Å²) in [6.45, 7) is 2.00. The van der Waals surface area contributed by atoms with Gasteiger partial charge in [-0.2, -0.15) is 13.5 Å². The Morgan fingerprint density at radius 2 is 1.59 bits per heavy atom. The molecule has 5 rings (SSSR count). The zero-order chi connectivity index (χ0) is 26.5. The second-order valence-corrected chi connectivity index (χ2v) is 11.8. The molecule has 0 aliphatic heterocycles. The number of rotatable bonds is 5. The molecule has 0 unspecified atom stereocenters. The predicted octanol–water partition coefficient (Wildman–Crippen LogP) is -0.927. The van der Waals surface area contributed by atoms with Crippen molar-refractivity contribution in [2.24, 2.45) is 10.2 Å². The molecule has 0 aliphatic carbocycles. The van der Waals surface area contributed by atoms with Crippen LogP contribution in [0.2, 0.25) is 0 Å². The van der Waals surface area contributed by atoms with Crippen molar-refractivity contribution in [3.8, 4) is 16.3 Å². The first kappa shape index (κ1) is 31.8. The largest absolute Gasteiger partial charge is 1.00 e. The molecule has 5 aromatic rings. The minimum Gasteiger partial charge on any atom is -0.870 e. The van der Waals surface area contributed by atoms with E-state index in [0.29, 0.717) is 0 Å². The third-order valence-electron chi connectivity index (χ3n) is 5.49. The monoisotopic (exact) mass is 599 g/mol. The van der Waals surface area contributed by atoms with E-state index < -0.39 is 46.9 Å². The van der Waals surface area contributed by atoms with Gasteiger partial charge in [0, 0.05) is 5.56 Å². The van der Waals surface area contributed by atoms with Gasteiger partial charge in [-0.25, -0.2) is 13.4 Å². The Kier molecular flexibility index (Phi) is 9.78. The van der Waals surface area contributed by atoms with Crippen LogP contribution >= 0.6 is 11.3 Å². The number of azo groups is 1. The minimum atomic E-state index is -5.07. The Labute approximate surface area is 271 Å². The van der Waals surface area contributed by atoms with Crippen LogP contribution in [0.15, 0.2) is 86.7 Å². The van der Waals surface area contributed by atoms with Gasteiger partial charge in [-0.3, -0.25) is 4.55 Å². The molecule has 15 heteroatoms. The van der Waals surface area contributed by atoms with E-state index in [4.69, 9.17) is 0 Å². The summed E-state index contributed by atoms with van der Waals surface area (Å²) in [5.41, 5.74) is 2.21. The zero-order valence-corrected chi connectivity index (χ0v) is 27.3. The van der Waals surface area contributed by atoms with E-state index in [-0.39, 0.29) is 70.2 Å². The summed E-state index contributed by atoms with van der Waals surface area (Å²) in [5, 5.41) is 20.8. The van der Waals surface area contributed by atoms with Crippen molar-refractivity contribution in [2.45, 2.75) is 16.7 Å². The maximum absolute atomic E-state index is 13.1. The molecule has 1 heterocycles. The second kappa shape index (κ2) is 12.0. The smallest absolute Gasteiger partial charge is 0.870 e. The van der Waals surface area contributed by atoms with Crippen LogP contribution < -0.4 is 64.2 Å². The number of fused-ring (bicyclic) bond motifs is 2. The zero-order valence-electron chi connectivity index (χ0n) is 20.8. The fraction of sp³-hybridized carbons (Fsp3) is 0.0417. The first-order chi connectivity index (χ1) is 17.4. The molecule has 1 N–H and O–H groups in total. The number of aryl methyl sites for hydroxylation is 1. The van der Waals surface area contributed by atoms with Gasteiger partial charge in [0.15, 0.2) is 0 Å². The Bertz CT molecular complexity index is 1960. The molecule has 1 aromatic heterocycles. The summed E-state index contributed by atoms with van der Waals surface area (Å²) < 4.78 is 69.7. The Balaban J connectivity index is 0.00000210. The average Bonchev–Trinajstić information content (AvgIpc) is 3.25. The number of hydrogen-bond acceptors (Lipinski definition) is 10. The van der Waals surface area contributed by atoms with E-state index in [1.807, 2.05) is 25.1 Å². The van der Waals surface area contributed by atoms with Crippen LogP contribution in [0.5, 0.6) is 5.75 Å². The molecule has 39 heavy (non-hydrogen) atoms. The van der Waals surface area contributed by atoms with Gasteiger partial charge < -0.3 is 9.66 Å². The summed E-state index contributed by atoms with van der Waals surface area (Å²) in [7, 11) is -10.0. The molecule has 0 fully saturated rings. The first-order valence-electron chi connectivity index (χ1n) is 10.5. The predicted molar refractivity (Wildman–Crippen MR) is 135 cm³/mol.